The molecule has 1 atom stereocenters. The summed E-state index contributed by atoms with van der Waals surface area (Å²) < 4.78 is 14.8. The zero-order valence-electron chi connectivity index (χ0n) is 24.7. The van der Waals surface area contributed by atoms with Gasteiger partial charge in [-0.05, 0) is 65.0 Å². The Morgan fingerprint density at radius 3 is 2.53 bits per heavy atom. The van der Waals surface area contributed by atoms with Crippen LogP contribution >= 0.6 is 0 Å². The van der Waals surface area contributed by atoms with Crippen LogP contribution in [0.5, 0.6) is 0 Å². The minimum Gasteiger partial charge on any atom is -0.327 e. The van der Waals surface area contributed by atoms with Crippen LogP contribution in [-0.4, -0.2) is 75.2 Å². The molecular formula is C30H35FN10O2. The number of anilines is 2. The van der Waals surface area contributed by atoms with Gasteiger partial charge < -0.3 is 15.1 Å². The molecule has 1 saturated carbocycles. The molecule has 5 heterocycles. The van der Waals surface area contributed by atoms with Crippen LogP contribution in [-0.2, 0) is 9.59 Å². The number of nitrogens with one attached hydrogen (secondary N) is 2. The first-order valence-corrected chi connectivity index (χ1v) is 14.6. The molecule has 13 heteroatoms. The number of hydrogen-bond donors (Lipinski definition) is 2. The third-order valence-electron chi connectivity index (χ3n) is 8.62. The van der Waals surface area contributed by atoms with E-state index in [1.165, 1.54) is 10.9 Å². The van der Waals surface area contributed by atoms with Gasteiger partial charge in [-0.3, -0.25) is 14.7 Å². The molecule has 0 aromatic carbocycles. The molecule has 12 nitrogen and oxygen atoms in total. The highest BCUT2D eigenvalue weighted by Gasteiger charge is 2.54. The van der Waals surface area contributed by atoms with Crippen molar-refractivity contribution in [2.45, 2.75) is 70.9 Å². The van der Waals surface area contributed by atoms with Gasteiger partial charge in [-0.1, -0.05) is 6.07 Å². The number of carbonyl (C=O) groups excluding carboxylic acids is 2. The second-order valence-electron chi connectivity index (χ2n) is 11.4. The van der Waals surface area contributed by atoms with E-state index in [0.29, 0.717) is 49.7 Å². The molecule has 1 spiro atoms. The zero-order valence-corrected chi connectivity index (χ0v) is 24.7. The number of piperazine rings is 1. The van der Waals surface area contributed by atoms with Crippen molar-refractivity contribution in [1.29, 1.82) is 0 Å². The van der Waals surface area contributed by atoms with Crippen molar-refractivity contribution in [2.24, 2.45) is 0 Å². The van der Waals surface area contributed by atoms with Crippen molar-refractivity contribution < 1.29 is 14.0 Å². The fourth-order valence-electron chi connectivity index (χ4n) is 6.39. The topological polar surface area (TPSA) is 138 Å². The number of likely N-dealkylation sites (N-methyl/N-ethyl adjacent to an activating group) is 1. The lowest BCUT2D eigenvalue weighted by Gasteiger charge is -2.52. The molecule has 2 N–H and O–H groups in total. The molecule has 43 heavy (non-hydrogen) atoms. The van der Waals surface area contributed by atoms with E-state index in [1.54, 1.807) is 22.1 Å². The Morgan fingerprint density at radius 2 is 1.91 bits per heavy atom. The summed E-state index contributed by atoms with van der Waals surface area (Å²) in [6.07, 6.45) is 6.43. The highest BCUT2D eigenvalue weighted by Crippen LogP contribution is 2.44. The molecular weight excluding hydrogens is 551 g/mol. The molecule has 2 amide bonds. The summed E-state index contributed by atoms with van der Waals surface area (Å²) in [5, 5.41) is 14.4. The Hall–Kier alpha value is -4.68. The van der Waals surface area contributed by atoms with Gasteiger partial charge in [-0.15, -0.1) is 0 Å². The number of carbonyl (C=O) groups is 2. The number of nitrogens with zero attached hydrogens (tertiary/aromatic N) is 8. The lowest BCUT2D eigenvalue weighted by molar-refractivity contribution is -0.170. The third-order valence-corrected chi connectivity index (χ3v) is 8.62. The van der Waals surface area contributed by atoms with E-state index in [-0.39, 0.29) is 30.3 Å². The summed E-state index contributed by atoms with van der Waals surface area (Å²) >= 11 is 0. The van der Waals surface area contributed by atoms with Crippen LogP contribution in [0.1, 0.15) is 74.3 Å². The van der Waals surface area contributed by atoms with Crippen LogP contribution in [0.25, 0.3) is 5.82 Å². The first kappa shape index (κ1) is 28.4. The number of hydrogen-bond acceptors (Lipinski definition) is 8. The van der Waals surface area contributed by atoms with E-state index in [0.717, 1.165) is 29.0 Å². The average molecular weight is 587 g/mol. The number of aromatic nitrogens is 7. The normalized spacial score (nSPS) is 21.5. The molecule has 0 radical (unpaired) electrons. The van der Waals surface area contributed by atoms with Gasteiger partial charge in [0, 0.05) is 42.2 Å². The van der Waals surface area contributed by atoms with Crippen LogP contribution in [0.15, 0.2) is 42.9 Å². The maximum absolute atomic E-state index is 14.3. The lowest BCUT2D eigenvalue weighted by atomic mass is 9.73. The van der Waals surface area contributed by atoms with Gasteiger partial charge in [-0.2, -0.15) is 10.2 Å². The lowest BCUT2D eigenvalue weighted by Crippen LogP contribution is -2.69. The largest absolute Gasteiger partial charge is 0.327 e. The summed E-state index contributed by atoms with van der Waals surface area (Å²) in [7, 11) is 0. The van der Waals surface area contributed by atoms with Crippen molar-refractivity contribution in [3.8, 4) is 5.82 Å². The number of H-pyrrole nitrogens is 1. The Labute approximate surface area is 248 Å². The van der Waals surface area contributed by atoms with Crippen LogP contribution in [0.3, 0.4) is 0 Å². The average Bonchev–Trinajstić information content (AvgIpc) is 3.62. The Kier molecular flexibility index (Phi) is 7.40. The first-order valence-electron chi connectivity index (χ1n) is 14.6. The molecule has 224 valence electrons. The predicted molar refractivity (Wildman–Crippen MR) is 156 cm³/mol. The van der Waals surface area contributed by atoms with Gasteiger partial charge in [0.15, 0.2) is 17.5 Å². The number of pyridine rings is 1. The zero-order chi connectivity index (χ0) is 30.3. The molecule has 0 unspecified atom stereocenters. The van der Waals surface area contributed by atoms with Gasteiger partial charge in [-0.25, -0.2) is 24.0 Å². The first-order chi connectivity index (χ1) is 20.7. The summed E-state index contributed by atoms with van der Waals surface area (Å²) in [6.45, 7) is 8.18. The van der Waals surface area contributed by atoms with Crippen molar-refractivity contribution in [2.75, 3.05) is 18.4 Å². The molecule has 1 aliphatic heterocycles. The molecule has 4 aromatic heterocycles. The van der Waals surface area contributed by atoms with Crippen LogP contribution in [0.2, 0.25) is 0 Å². The van der Waals surface area contributed by atoms with Gasteiger partial charge in [0.25, 0.3) is 0 Å². The number of aryl methyl sites for hydroxylation is 2. The Morgan fingerprint density at radius 1 is 1.12 bits per heavy atom. The highest BCUT2D eigenvalue weighted by atomic mass is 19.1. The number of halogens is 1. The Bertz CT molecular complexity index is 1640. The van der Waals surface area contributed by atoms with Crippen LogP contribution in [0.4, 0.5) is 16.0 Å². The standard InChI is InChI=1S/C30H35FN10O2/c1-5-40-27(42)17-39(20(4)22-6-7-26(32-14-22)41-16-23(31)15-33-41)29(43)30(40)10-8-21(9-11-30)28-34-18(2)12-24(36-28)35-25-13-19(3)37-38-25/h6-7,12-16,20-21H,5,8-11,17H2,1-4H3,(H2,34,35,36,37,38)/t20-,21?,30?/m0/s1. The quantitative estimate of drug-likeness (QED) is 0.330. The molecule has 0 bridgehead atoms. The van der Waals surface area contributed by atoms with Gasteiger partial charge >= 0.3 is 0 Å². The summed E-state index contributed by atoms with van der Waals surface area (Å²) in [4.78, 5) is 45.2. The summed E-state index contributed by atoms with van der Waals surface area (Å²) in [6, 6.07) is 6.98. The van der Waals surface area contributed by atoms with Crippen molar-refractivity contribution in [1.82, 2.24) is 44.7 Å². The fraction of sp³-hybridized carbons (Fsp3) is 0.433. The van der Waals surface area contributed by atoms with Crippen molar-refractivity contribution in [3.05, 3.63) is 71.4 Å². The van der Waals surface area contributed by atoms with E-state index >= 15 is 0 Å². The molecule has 2 aliphatic rings. The second-order valence-corrected chi connectivity index (χ2v) is 11.4. The number of amides is 2. The molecule has 6 rings (SSSR count). The summed E-state index contributed by atoms with van der Waals surface area (Å²) in [5.74, 6) is 2.06. The van der Waals surface area contributed by atoms with E-state index < -0.39 is 11.4 Å². The predicted octanol–water partition coefficient (Wildman–Crippen LogP) is 4.13. The monoisotopic (exact) mass is 586 g/mol. The number of rotatable bonds is 7. The van der Waals surface area contributed by atoms with Crippen LogP contribution in [0, 0.1) is 19.7 Å². The van der Waals surface area contributed by atoms with Crippen molar-refractivity contribution >= 4 is 23.5 Å². The number of aromatic amines is 1. The molecule has 1 aliphatic carbocycles. The minimum absolute atomic E-state index is 0.00776. The van der Waals surface area contributed by atoms with Gasteiger partial charge in [0.2, 0.25) is 11.8 Å². The van der Waals surface area contributed by atoms with E-state index in [1.807, 2.05) is 45.9 Å². The van der Waals surface area contributed by atoms with E-state index in [2.05, 4.69) is 25.6 Å². The van der Waals surface area contributed by atoms with Gasteiger partial charge in [0.05, 0.1) is 18.4 Å². The highest BCUT2D eigenvalue weighted by molar-refractivity contribution is 5.98. The summed E-state index contributed by atoms with van der Waals surface area (Å²) in [5.41, 5.74) is 1.66. The van der Waals surface area contributed by atoms with Crippen molar-refractivity contribution in [3.63, 3.8) is 0 Å². The maximum atomic E-state index is 14.3. The van der Waals surface area contributed by atoms with E-state index in [9.17, 15) is 14.0 Å². The fourth-order valence-corrected chi connectivity index (χ4v) is 6.39. The smallest absolute Gasteiger partial charge is 0.249 e. The molecule has 4 aromatic rings. The Balaban J connectivity index is 1.20. The maximum Gasteiger partial charge on any atom is 0.249 e. The second kappa shape index (κ2) is 11.2. The molecule has 2 fully saturated rings. The van der Waals surface area contributed by atoms with E-state index in [4.69, 9.17) is 9.97 Å². The third kappa shape index (κ3) is 5.35. The molecule has 1 saturated heterocycles. The minimum atomic E-state index is -0.910. The van der Waals surface area contributed by atoms with Gasteiger partial charge in [0.1, 0.15) is 23.7 Å². The SMILES string of the molecule is CCN1C(=O)CN([C@@H](C)c2ccc(-n3cc(F)cn3)nc2)C(=O)C12CCC(c1nc(C)cc(Nc3cc(C)[nH]n3)n1)CC2. The van der Waals surface area contributed by atoms with Crippen LogP contribution < -0.4 is 5.32 Å².